The van der Waals surface area contributed by atoms with E-state index >= 15 is 0 Å². The van der Waals surface area contributed by atoms with E-state index in [0.717, 1.165) is 20.6 Å². The molecule has 2 aromatic carbocycles. The van der Waals surface area contributed by atoms with Crippen molar-refractivity contribution in [3.8, 4) is 0 Å². The van der Waals surface area contributed by atoms with Gasteiger partial charge in [-0.05, 0) is 55.2 Å². The minimum absolute atomic E-state index is 0.0324. The molecule has 0 saturated heterocycles. The van der Waals surface area contributed by atoms with Crippen LogP contribution in [0.3, 0.4) is 0 Å². The van der Waals surface area contributed by atoms with Crippen LogP contribution in [0.15, 0.2) is 46.9 Å². The summed E-state index contributed by atoms with van der Waals surface area (Å²) in [6, 6.07) is 11.4. The fourth-order valence-corrected chi connectivity index (χ4v) is 5.15. The summed E-state index contributed by atoms with van der Waals surface area (Å²) < 4.78 is 27.0. The van der Waals surface area contributed by atoms with E-state index in [0.29, 0.717) is 11.6 Å². The summed E-state index contributed by atoms with van der Waals surface area (Å²) in [6.07, 6.45) is 1.35. The van der Waals surface area contributed by atoms with Crippen LogP contribution in [0.5, 0.6) is 0 Å². The molecule has 2 rings (SSSR count). The van der Waals surface area contributed by atoms with Gasteiger partial charge in [0.05, 0.1) is 17.0 Å². The van der Waals surface area contributed by atoms with E-state index in [1.165, 1.54) is 17.0 Å². The van der Waals surface area contributed by atoms with Gasteiger partial charge in [-0.15, -0.1) is 0 Å². The minimum atomic E-state index is -3.68. The lowest BCUT2D eigenvalue weighted by molar-refractivity contribution is -0.140. The highest BCUT2D eigenvalue weighted by Crippen LogP contribution is 2.31. The minimum Gasteiger partial charge on any atom is -0.354 e. The molecule has 0 aliphatic rings. The first-order chi connectivity index (χ1) is 16.8. The molecule has 0 unspecified atom stereocenters. The zero-order chi connectivity index (χ0) is 27.0. The standard InChI is InChI=1S/C25H32BrCl2N3O4S/c1-17(2)15-29-25(33)18(3)30(16-19-7-9-20(26)10-8-19)24(32)6-5-13-31(36(4,34)35)23-14-21(27)11-12-22(23)28/h7-12,14,17-18H,5-6,13,15-16H2,1-4H3,(H,29,33)/t18-/m0/s1. The third kappa shape index (κ3) is 9.25. The van der Waals surface area contributed by atoms with Gasteiger partial charge in [0.1, 0.15) is 6.04 Å². The molecule has 1 atom stereocenters. The monoisotopic (exact) mass is 619 g/mol. The molecule has 11 heteroatoms. The largest absolute Gasteiger partial charge is 0.354 e. The molecule has 0 aliphatic carbocycles. The van der Waals surface area contributed by atoms with Crippen LogP contribution in [-0.2, 0) is 26.2 Å². The zero-order valence-electron chi connectivity index (χ0n) is 20.8. The zero-order valence-corrected chi connectivity index (χ0v) is 24.7. The summed E-state index contributed by atoms with van der Waals surface area (Å²) in [5.41, 5.74) is 1.13. The van der Waals surface area contributed by atoms with Crippen molar-refractivity contribution in [3.63, 3.8) is 0 Å². The van der Waals surface area contributed by atoms with Crippen LogP contribution in [0.25, 0.3) is 0 Å². The topological polar surface area (TPSA) is 86.8 Å². The Morgan fingerprint density at radius 1 is 1.06 bits per heavy atom. The van der Waals surface area contributed by atoms with E-state index in [-0.39, 0.29) is 54.4 Å². The molecular weight excluding hydrogens is 589 g/mol. The molecule has 0 fully saturated rings. The lowest BCUT2D eigenvalue weighted by atomic mass is 10.1. The van der Waals surface area contributed by atoms with Gasteiger partial charge in [0.25, 0.3) is 0 Å². The van der Waals surface area contributed by atoms with E-state index in [2.05, 4.69) is 21.2 Å². The van der Waals surface area contributed by atoms with E-state index in [9.17, 15) is 18.0 Å². The number of halogens is 3. The van der Waals surface area contributed by atoms with Crippen molar-refractivity contribution in [2.24, 2.45) is 5.92 Å². The number of amides is 2. The van der Waals surface area contributed by atoms with Gasteiger partial charge in [0.15, 0.2) is 0 Å². The Kier molecular flexibility index (Phi) is 11.5. The molecule has 2 amide bonds. The Hall–Kier alpha value is -1.81. The number of carbonyl (C=O) groups is 2. The van der Waals surface area contributed by atoms with Crippen LogP contribution in [-0.4, -0.2) is 50.5 Å². The number of rotatable bonds is 12. The van der Waals surface area contributed by atoms with Crippen LogP contribution in [0.4, 0.5) is 5.69 Å². The highest BCUT2D eigenvalue weighted by molar-refractivity contribution is 9.10. The van der Waals surface area contributed by atoms with Crippen molar-refractivity contribution in [3.05, 3.63) is 62.5 Å². The van der Waals surface area contributed by atoms with Crippen molar-refractivity contribution in [2.45, 2.75) is 46.2 Å². The Morgan fingerprint density at radius 3 is 2.28 bits per heavy atom. The molecule has 0 saturated carbocycles. The van der Waals surface area contributed by atoms with Gasteiger partial charge in [-0.25, -0.2) is 8.42 Å². The molecule has 0 bridgehead atoms. The van der Waals surface area contributed by atoms with Crippen LogP contribution < -0.4 is 9.62 Å². The Balaban J connectivity index is 2.18. The molecule has 0 radical (unpaired) electrons. The van der Waals surface area contributed by atoms with Gasteiger partial charge in [-0.2, -0.15) is 0 Å². The van der Waals surface area contributed by atoms with E-state index in [1.54, 1.807) is 13.0 Å². The molecular formula is C25H32BrCl2N3O4S. The molecule has 198 valence electrons. The highest BCUT2D eigenvalue weighted by atomic mass is 79.9. The number of hydrogen-bond donors (Lipinski definition) is 1. The molecule has 2 aromatic rings. The first-order valence-electron chi connectivity index (χ1n) is 11.5. The van der Waals surface area contributed by atoms with Crippen molar-refractivity contribution < 1.29 is 18.0 Å². The second kappa shape index (κ2) is 13.7. The number of carbonyl (C=O) groups excluding carboxylic acids is 2. The van der Waals surface area contributed by atoms with Crippen LogP contribution in [0.2, 0.25) is 10.0 Å². The predicted molar refractivity (Wildman–Crippen MR) is 150 cm³/mol. The van der Waals surface area contributed by atoms with E-state index in [4.69, 9.17) is 23.2 Å². The number of sulfonamides is 1. The second-order valence-corrected chi connectivity index (χ2v) is 12.7. The maximum atomic E-state index is 13.3. The molecule has 1 N–H and O–H groups in total. The predicted octanol–water partition coefficient (Wildman–Crippen LogP) is 5.49. The smallest absolute Gasteiger partial charge is 0.242 e. The third-order valence-electron chi connectivity index (χ3n) is 5.45. The van der Waals surface area contributed by atoms with Crippen LogP contribution in [0.1, 0.15) is 39.2 Å². The number of hydrogen-bond acceptors (Lipinski definition) is 4. The van der Waals surface area contributed by atoms with Gasteiger partial charge in [0, 0.05) is 35.6 Å². The van der Waals surface area contributed by atoms with Crippen molar-refractivity contribution in [1.29, 1.82) is 0 Å². The summed E-state index contributed by atoms with van der Waals surface area (Å²) in [5.74, 6) is -0.217. The van der Waals surface area contributed by atoms with Gasteiger partial charge >= 0.3 is 0 Å². The van der Waals surface area contributed by atoms with Gasteiger partial charge in [-0.1, -0.05) is 65.1 Å². The van der Waals surface area contributed by atoms with Gasteiger partial charge in [0.2, 0.25) is 21.8 Å². The fourth-order valence-electron chi connectivity index (χ4n) is 3.48. The molecule has 0 spiro atoms. The van der Waals surface area contributed by atoms with Gasteiger partial charge in [-0.3, -0.25) is 13.9 Å². The quantitative estimate of drug-likeness (QED) is 0.340. The fraction of sp³-hybridized carbons (Fsp3) is 0.440. The summed E-state index contributed by atoms with van der Waals surface area (Å²) in [6.45, 7) is 6.47. The SMILES string of the molecule is CC(C)CNC(=O)[C@H](C)N(Cc1ccc(Br)cc1)C(=O)CCCN(c1cc(Cl)ccc1Cl)S(C)(=O)=O. The lowest BCUT2D eigenvalue weighted by Gasteiger charge is -2.30. The molecule has 0 heterocycles. The van der Waals surface area contributed by atoms with Crippen LogP contribution >= 0.6 is 39.1 Å². The Morgan fingerprint density at radius 2 is 1.69 bits per heavy atom. The highest BCUT2D eigenvalue weighted by Gasteiger charge is 2.27. The molecule has 7 nitrogen and oxygen atoms in total. The Labute approximate surface area is 232 Å². The van der Waals surface area contributed by atoms with E-state index in [1.807, 2.05) is 38.1 Å². The Bertz CT molecular complexity index is 1160. The third-order valence-corrected chi connectivity index (χ3v) is 7.71. The van der Waals surface area contributed by atoms with Gasteiger partial charge < -0.3 is 10.2 Å². The molecule has 36 heavy (non-hydrogen) atoms. The average molecular weight is 621 g/mol. The van der Waals surface area contributed by atoms with Crippen molar-refractivity contribution in [2.75, 3.05) is 23.7 Å². The summed E-state index contributed by atoms with van der Waals surface area (Å²) in [5, 5.41) is 3.47. The maximum Gasteiger partial charge on any atom is 0.242 e. The first kappa shape index (κ1) is 30.4. The molecule has 0 aromatic heterocycles. The number of anilines is 1. The van der Waals surface area contributed by atoms with E-state index < -0.39 is 16.1 Å². The number of nitrogens with zero attached hydrogens (tertiary/aromatic N) is 2. The second-order valence-electron chi connectivity index (χ2n) is 9.00. The average Bonchev–Trinajstić information content (AvgIpc) is 2.80. The molecule has 0 aliphatic heterocycles. The summed E-state index contributed by atoms with van der Waals surface area (Å²) in [4.78, 5) is 27.6. The lowest BCUT2D eigenvalue weighted by Crippen LogP contribution is -2.48. The van der Waals surface area contributed by atoms with Crippen molar-refractivity contribution >= 4 is 66.7 Å². The van der Waals surface area contributed by atoms with Crippen LogP contribution in [0, 0.1) is 5.92 Å². The first-order valence-corrected chi connectivity index (χ1v) is 14.9. The van der Waals surface area contributed by atoms with Crippen molar-refractivity contribution in [1.82, 2.24) is 10.2 Å². The number of benzene rings is 2. The summed E-state index contributed by atoms with van der Waals surface area (Å²) >= 11 is 15.7. The normalized spacial score (nSPS) is 12.3. The number of nitrogens with one attached hydrogen (secondary N) is 1. The summed E-state index contributed by atoms with van der Waals surface area (Å²) in [7, 11) is -3.68. The maximum absolute atomic E-state index is 13.3.